The molecule has 2 aromatic carbocycles. The maximum absolute atomic E-state index is 13.6. The molecule has 0 atom stereocenters. The monoisotopic (exact) mass is 243 g/mol. The molecule has 3 nitrogen and oxygen atoms in total. The minimum absolute atomic E-state index is 0.0877. The number of methoxy groups -OCH3 is 1. The molecule has 0 amide bonds. The first-order chi connectivity index (χ1) is 8.65. The molecule has 0 heterocycles. The number of ether oxygens (including phenoxy) is 1. The molecule has 0 aliphatic carbocycles. The van der Waals surface area contributed by atoms with Crippen LogP contribution < -0.4 is 4.74 Å². The maximum atomic E-state index is 13.6. The molecule has 0 unspecified atom stereocenters. The molecule has 1 N–H and O–H groups in total. The summed E-state index contributed by atoms with van der Waals surface area (Å²) >= 11 is 0. The third-order valence-electron chi connectivity index (χ3n) is 2.60. The Bertz CT molecular complexity index is 632. The number of nitriles is 1. The molecule has 0 saturated carbocycles. The Morgan fingerprint density at radius 2 is 1.83 bits per heavy atom. The van der Waals surface area contributed by atoms with Gasteiger partial charge < -0.3 is 9.84 Å². The minimum atomic E-state index is -0.471. The lowest BCUT2D eigenvalue weighted by molar-refractivity contribution is 0.386. The zero-order valence-corrected chi connectivity index (χ0v) is 9.64. The number of rotatable bonds is 2. The fourth-order valence-corrected chi connectivity index (χ4v) is 1.65. The van der Waals surface area contributed by atoms with Gasteiger partial charge in [0, 0.05) is 0 Å². The Morgan fingerprint density at radius 1 is 1.17 bits per heavy atom. The number of nitrogens with zero attached hydrogens (tertiary/aromatic N) is 1. The highest BCUT2D eigenvalue weighted by atomic mass is 19.1. The molecule has 0 fully saturated rings. The second kappa shape index (κ2) is 4.76. The maximum Gasteiger partial charge on any atom is 0.165 e. The van der Waals surface area contributed by atoms with Crippen LogP contribution in [0.1, 0.15) is 5.56 Å². The number of aromatic hydroxyl groups is 1. The van der Waals surface area contributed by atoms with Gasteiger partial charge in [-0.05, 0) is 35.4 Å². The van der Waals surface area contributed by atoms with Crippen molar-refractivity contribution in [1.29, 1.82) is 5.26 Å². The minimum Gasteiger partial charge on any atom is -0.507 e. The van der Waals surface area contributed by atoms with Crippen molar-refractivity contribution in [1.82, 2.24) is 0 Å². The van der Waals surface area contributed by atoms with Gasteiger partial charge in [0.2, 0.25) is 0 Å². The molecule has 2 aromatic rings. The van der Waals surface area contributed by atoms with Gasteiger partial charge in [-0.15, -0.1) is 0 Å². The number of phenolic OH excluding ortho intramolecular Hbond substituents is 1. The zero-order chi connectivity index (χ0) is 13.1. The van der Waals surface area contributed by atoms with E-state index in [0.717, 1.165) is 0 Å². The number of phenols is 1. The predicted octanol–water partition coefficient (Wildman–Crippen LogP) is 3.08. The van der Waals surface area contributed by atoms with E-state index >= 15 is 0 Å². The summed E-state index contributed by atoms with van der Waals surface area (Å²) in [4.78, 5) is 0. The average Bonchev–Trinajstić information content (AvgIpc) is 2.39. The lowest BCUT2D eigenvalue weighted by atomic mass is 10.0. The van der Waals surface area contributed by atoms with Crippen molar-refractivity contribution in [3.63, 3.8) is 0 Å². The third kappa shape index (κ3) is 2.11. The second-order valence-electron chi connectivity index (χ2n) is 3.69. The zero-order valence-electron chi connectivity index (χ0n) is 9.64. The summed E-state index contributed by atoms with van der Waals surface area (Å²) < 4.78 is 18.4. The number of halogens is 1. The third-order valence-corrected chi connectivity index (χ3v) is 2.60. The second-order valence-corrected chi connectivity index (χ2v) is 3.69. The summed E-state index contributed by atoms with van der Waals surface area (Å²) in [5, 5.41) is 18.2. The van der Waals surface area contributed by atoms with Crippen molar-refractivity contribution in [2.75, 3.05) is 7.11 Å². The molecule has 0 aliphatic heterocycles. The van der Waals surface area contributed by atoms with Crippen LogP contribution in [0.15, 0.2) is 36.4 Å². The molecule has 0 radical (unpaired) electrons. The van der Waals surface area contributed by atoms with Gasteiger partial charge in [0.05, 0.1) is 12.7 Å². The van der Waals surface area contributed by atoms with Gasteiger partial charge in [-0.1, -0.05) is 12.1 Å². The highest BCUT2D eigenvalue weighted by Crippen LogP contribution is 2.28. The first-order valence-electron chi connectivity index (χ1n) is 5.22. The fourth-order valence-electron chi connectivity index (χ4n) is 1.65. The first-order valence-corrected chi connectivity index (χ1v) is 5.22. The lowest BCUT2D eigenvalue weighted by Gasteiger charge is -2.06. The Hall–Kier alpha value is -2.54. The quantitative estimate of drug-likeness (QED) is 0.881. The number of hydrogen-bond donors (Lipinski definition) is 1. The standard InChI is InChI=1S/C14H10FNO2/c1-18-14-5-3-10(7-12(14)15)9-2-4-13(17)11(6-9)8-16/h2-7,17H,1H3. The summed E-state index contributed by atoms with van der Waals surface area (Å²) in [6, 6.07) is 11.0. The van der Waals surface area contributed by atoms with E-state index in [1.54, 1.807) is 12.1 Å². The molecular weight excluding hydrogens is 233 g/mol. The van der Waals surface area contributed by atoms with Gasteiger partial charge in [-0.2, -0.15) is 5.26 Å². The predicted molar refractivity (Wildman–Crippen MR) is 64.8 cm³/mol. The Balaban J connectivity index is 2.49. The molecule has 18 heavy (non-hydrogen) atoms. The van der Waals surface area contributed by atoms with Crippen LogP contribution >= 0.6 is 0 Å². The molecule has 0 aliphatic rings. The highest BCUT2D eigenvalue weighted by Gasteiger charge is 2.07. The van der Waals surface area contributed by atoms with Crippen molar-refractivity contribution in [2.24, 2.45) is 0 Å². The first kappa shape index (κ1) is 11.9. The molecule has 0 saturated heterocycles. The van der Waals surface area contributed by atoms with Crippen molar-refractivity contribution in [3.8, 4) is 28.7 Å². The SMILES string of the molecule is COc1ccc(-c2ccc(O)c(C#N)c2)cc1F. The van der Waals surface area contributed by atoms with Crippen LogP contribution in [-0.2, 0) is 0 Å². The largest absolute Gasteiger partial charge is 0.507 e. The van der Waals surface area contributed by atoms with E-state index in [2.05, 4.69) is 0 Å². The molecular formula is C14H10FNO2. The number of hydrogen-bond acceptors (Lipinski definition) is 3. The normalized spacial score (nSPS) is 9.83. The van der Waals surface area contributed by atoms with Gasteiger partial charge in [0.1, 0.15) is 11.8 Å². The molecule has 0 spiro atoms. The molecule has 2 rings (SSSR count). The van der Waals surface area contributed by atoms with Gasteiger partial charge >= 0.3 is 0 Å². The topological polar surface area (TPSA) is 53.2 Å². The van der Waals surface area contributed by atoms with E-state index < -0.39 is 5.82 Å². The van der Waals surface area contributed by atoms with Crippen LogP contribution in [0.5, 0.6) is 11.5 Å². The smallest absolute Gasteiger partial charge is 0.165 e. The number of benzene rings is 2. The molecule has 0 aromatic heterocycles. The summed E-state index contributed by atoms with van der Waals surface area (Å²) in [6.07, 6.45) is 0. The van der Waals surface area contributed by atoms with Crippen LogP contribution in [0, 0.1) is 17.1 Å². The summed E-state index contributed by atoms with van der Waals surface area (Å²) in [5.74, 6) is -0.394. The van der Waals surface area contributed by atoms with Crippen LogP contribution in [-0.4, -0.2) is 12.2 Å². The fraction of sp³-hybridized carbons (Fsp3) is 0.0714. The van der Waals surface area contributed by atoms with E-state index in [9.17, 15) is 9.50 Å². The van der Waals surface area contributed by atoms with Crippen LogP contribution in [0.25, 0.3) is 11.1 Å². The van der Waals surface area contributed by atoms with E-state index in [-0.39, 0.29) is 17.1 Å². The van der Waals surface area contributed by atoms with Gasteiger partial charge in [-0.3, -0.25) is 0 Å². The van der Waals surface area contributed by atoms with Crippen LogP contribution in [0.3, 0.4) is 0 Å². The van der Waals surface area contributed by atoms with Gasteiger partial charge in [0.15, 0.2) is 11.6 Å². The summed E-state index contributed by atoms with van der Waals surface area (Å²) in [6.45, 7) is 0. The van der Waals surface area contributed by atoms with Crippen molar-refractivity contribution < 1.29 is 14.2 Å². The molecule has 4 heteroatoms. The Morgan fingerprint density at radius 3 is 2.44 bits per heavy atom. The molecule has 0 bridgehead atoms. The van der Waals surface area contributed by atoms with Crippen molar-refractivity contribution in [3.05, 3.63) is 47.8 Å². The lowest BCUT2D eigenvalue weighted by Crippen LogP contribution is -1.89. The highest BCUT2D eigenvalue weighted by molar-refractivity contribution is 5.67. The van der Waals surface area contributed by atoms with Crippen molar-refractivity contribution in [2.45, 2.75) is 0 Å². The van der Waals surface area contributed by atoms with E-state index in [4.69, 9.17) is 10.00 Å². The van der Waals surface area contributed by atoms with E-state index in [1.807, 2.05) is 6.07 Å². The summed E-state index contributed by atoms with van der Waals surface area (Å²) in [7, 11) is 1.40. The van der Waals surface area contributed by atoms with E-state index in [1.165, 1.54) is 31.4 Å². The summed E-state index contributed by atoms with van der Waals surface area (Å²) in [5.41, 5.74) is 1.43. The molecule has 90 valence electrons. The van der Waals surface area contributed by atoms with Gasteiger partial charge in [-0.25, -0.2) is 4.39 Å². The van der Waals surface area contributed by atoms with Crippen LogP contribution in [0.2, 0.25) is 0 Å². The van der Waals surface area contributed by atoms with Gasteiger partial charge in [0.25, 0.3) is 0 Å². The van der Waals surface area contributed by atoms with E-state index in [0.29, 0.717) is 11.1 Å². The van der Waals surface area contributed by atoms with Crippen molar-refractivity contribution >= 4 is 0 Å². The average molecular weight is 243 g/mol. The van der Waals surface area contributed by atoms with Crippen LogP contribution in [0.4, 0.5) is 4.39 Å². The Labute approximate surface area is 104 Å². The Kier molecular flexibility index (Phi) is 3.16.